The maximum atomic E-state index is 9.84. The Morgan fingerprint density at radius 3 is 2.21 bits per heavy atom. The van der Waals surface area contributed by atoms with E-state index in [0.29, 0.717) is 6.54 Å². The summed E-state index contributed by atoms with van der Waals surface area (Å²) in [5.74, 6) is 0. The van der Waals surface area contributed by atoms with Crippen LogP contribution in [0.5, 0.6) is 0 Å². The number of hydrogen-bond acceptors (Lipinski definition) is 3. The molecule has 0 N–H and O–H groups in total. The van der Waals surface area contributed by atoms with Gasteiger partial charge in [-0.05, 0) is 31.0 Å². The Kier molecular flexibility index (Phi) is 5.52. The zero-order chi connectivity index (χ0) is 11.2. The summed E-state index contributed by atoms with van der Waals surface area (Å²) in [6.45, 7) is 12.4. The van der Waals surface area contributed by atoms with Crippen molar-refractivity contribution in [2.24, 2.45) is 5.18 Å². The van der Waals surface area contributed by atoms with Crippen LogP contribution in [0.3, 0.4) is 0 Å². The van der Waals surface area contributed by atoms with Gasteiger partial charge in [-0.25, -0.2) is 0 Å². The van der Waals surface area contributed by atoms with Crippen LogP contribution >= 0.6 is 0 Å². The Morgan fingerprint density at radius 1 is 1.21 bits per heavy atom. The van der Waals surface area contributed by atoms with Gasteiger partial charge in [0.05, 0.1) is 6.54 Å². The summed E-state index contributed by atoms with van der Waals surface area (Å²) in [7, 11) is -1.57. The molecule has 0 fully saturated rings. The van der Waals surface area contributed by atoms with Gasteiger partial charge in [-0.2, -0.15) is 4.91 Å². The predicted molar refractivity (Wildman–Crippen MR) is 63.0 cm³/mol. The molecule has 0 aliphatic heterocycles. The quantitative estimate of drug-likeness (QED) is 0.388. The van der Waals surface area contributed by atoms with Crippen molar-refractivity contribution >= 4 is 8.32 Å². The predicted octanol–water partition coefficient (Wildman–Crippen LogP) is 3.55. The third kappa shape index (κ3) is 4.86. The highest BCUT2D eigenvalue weighted by Gasteiger charge is 2.36. The molecule has 0 atom stereocenters. The Bertz CT molecular complexity index is 175. The lowest BCUT2D eigenvalue weighted by molar-refractivity contribution is 0.280. The number of rotatable bonds is 6. The molecule has 0 amide bonds. The van der Waals surface area contributed by atoms with E-state index in [-0.39, 0.29) is 5.04 Å². The van der Waals surface area contributed by atoms with Crippen LogP contribution in [0, 0.1) is 4.91 Å². The van der Waals surface area contributed by atoms with E-state index in [9.17, 15) is 4.91 Å². The second-order valence-electron chi connectivity index (χ2n) is 5.17. The normalized spacial score (nSPS) is 12.9. The van der Waals surface area contributed by atoms with Crippen molar-refractivity contribution in [1.29, 1.82) is 0 Å². The van der Waals surface area contributed by atoms with E-state index in [0.717, 1.165) is 19.4 Å². The van der Waals surface area contributed by atoms with Gasteiger partial charge in [0.25, 0.3) is 0 Å². The Hall–Kier alpha value is -0.223. The van der Waals surface area contributed by atoms with E-state index in [4.69, 9.17) is 4.43 Å². The molecule has 3 nitrogen and oxygen atoms in total. The zero-order valence-electron chi connectivity index (χ0n) is 10.1. The van der Waals surface area contributed by atoms with E-state index in [1.165, 1.54) is 0 Å². The lowest BCUT2D eigenvalue weighted by atomic mass is 10.2. The molecule has 0 saturated heterocycles. The maximum absolute atomic E-state index is 9.84. The summed E-state index contributed by atoms with van der Waals surface area (Å²) in [6.07, 6.45) is 1.79. The Morgan fingerprint density at radius 2 is 1.79 bits per heavy atom. The third-order valence-corrected chi connectivity index (χ3v) is 7.45. The molecule has 84 valence electrons. The first-order valence-corrected chi connectivity index (χ1v) is 8.15. The van der Waals surface area contributed by atoms with Gasteiger partial charge in [0.1, 0.15) is 0 Å². The van der Waals surface area contributed by atoms with Gasteiger partial charge in [0.15, 0.2) is 8.32 Å². The minimum atomic E-state index is -1.57. The topological polar surface area (TPSA) is 38.7 Å². The van der Waals surface area contributed by atoms with Crippen LogP contribution < -0.4 is 0 Å². The van der Waals surface area contributed by atoms with Crippen LogP contribution in [-0.4, -0.2) is 21.5 Å². The largest absolute Gasteiger partial charge is 0.417 e. The molecule has 0 unspecified atom stereocenters. The first-order chi connectivity index (χ1) is 6.31. The summed E-state index contributed by atoms with van der Waals surface area (Å²) in [6, 6.07) is 0. The molecule has 0 aromatic rings. The highest BCUT2D eigenvalue weighted by molar-refractivity contribution is 6.74. The van der Waals surface area contributed by atoms with Gasteiger partial charge in [-0.1, -0.05) is 25.9 Å². The second-order valence-corrected chi connectivity index (χ2v) is 9.98. The van der Waals surface area contributed by atoms with Crippen LogP contribution in [0.2, 0.25) is 18.1 Å². The van der Waals surface area contributed by atoms with Crippen LogP contribution in [0.15, 0.2) is 5.18 Å². The van der Waals surface area contributed by atoms with Gasteiger partial charge in [0, 0.05) is 6.61 Å². The van der Waals surface area contributed by atoms with E-state index >= 15 is 0 Å². The fraction of sp³-hybridized carbons (Fsp3) is 1.00. The maximum Gasteiger partial charge on any atom is 0.191 e. The molecule has 0 saturated carbocycles. The van der Waals surface area contributed by atoms with E-state index in [1.54, 1.807) is 0 Å². The van der Waals surface area contributed by atoms with Crippen molar-refractivity contribution in [1.82, 2.24) is 0 Å². The standard InChI is InChI=1S/C10H23NO2Si/c1-10(2,3)14(4,5)13-9-7-6-8-11-12/h6-9H2,1-5H3. The molecule has 0 spiro atoms. The average molecular weight is 217 g/mol. The molecule has 0 aliphatic rings. The Labute approximate surface area is 88.3 Å². The molecular formula is C10H23NO2Si. The number of hydrogen-bond donors (Lipinski definition) is 0. The number of nitrogens with zero attached hydrogens (tertiary/aromatic N) is 1. The van der Waals surface area contributed by atoms with Crippen LogP contribution in [-0.2, 0) is 4.43 Å². The summed E-state index contributed by atoms with van der Waals surface area (Å²) in [5, 5.41) is 3.10. The van der Waals surface area contributed by atoms with E-state index in [1.807, 2.05) is 0 Å². The van der Waals surface area contributed by atoms with Gasteiger partial charge < -0.3 is 4.43 Å². The monoisotopic (exact) mass is 217 g/mol. The van der Waals surface area contributed by atoms with Crippen LogP contribution in [0.25, 0.3) is 0 Å². The summed E-state index contributed by atoms with van der Waals surface area (Å²) >= 11 is 0. The molecule has 0 heterocycles. The lowest BCUT2D eigenvalue weighted by Crippen LogP contribution is -2.40. The fourth-order valence-corrected chi connectivity index (χ4v) is 1.91. The highest BCUT2D eigenvalue weighted by atomic mass is 28.4. The van der Waals surface area contributed by atoms with Crippen molar-refractivity contribution < 1.29 is 4.43 Å². The molecule has 4 heteroatoms. The van der Waals surface area contributed by atoms with Gasteiger partial charge in [-0.3, -0.25) is 0 Å². The smallest absolute Gasteiger partial charge is 0.191 e. The summed E-state index contributed by atoms with van der Waals surface area (Å²) in [5.41, 5.74) is 0. The first-order valence-electron chi connectivity index (χ1n) is 5.24. The van der Waals surface area contributed by atoms with Crippen molar-refractivity contribution in [2.45, 2.75) is 51.7 Å². The molecule has 0 aromatic heterocycles. The minimum Gasteiger partial charge on any atom is -0.417 e. The van der Waals surface area contributed by atoms with Gasteiger partial charge in [0.2, 0.25) is 0 Å². The molecule has 0 radical (unpaired) electrons. The molecule has 14 heavy (non-hydrogen) atoms. The first kappa shape index (κ1) is 13.8. The fourth-order valence-electron chi connectivity index (χ4n) is 0.822. The second kappa shape index (κ2) is 5.61. The molecular weight excluding hydrogens is 194 g/mol. The van der Waals surface area contributed by atoms with E-state index in [2.05, 4.69) is 39.0 Å². The zero-order valence-corrected chi connectivity index (χ0v) is 11.1. The third-order valence-electron chi connectivity index (χ3n) is 2.91. The lowest BCUT2D eigenvalue weighted by Gasteiger charge is -2.36. The van der Waals surface area contributed by atoms with Crippen molar-refractivity contribution in [3.63, 3.8) is 0 Å². The molecule has 0 bridgehead atoms. The van der Waals surface area contributed by atoms with Crippen molar-refractivity contribution in [3.05, 3.63) is 4.91 Å². The van der Waals surface area contributed by atoms with E-state index < -0.39 is 8.32 Å². The summed E-state index contributed by atoms with van der Waals surface area (Å²) in [4.78, 5) is 9.84. The number of nitroso groups, excluding NO2 is 1. The van der Waals surface area contributed by atoms with Gasteiger partial charge >= 0.3 is 0 Å². The molecule has 0 rings (SSSR count). The SMILES string of the molecule is CC(C)(C)[Si](C)(C)OCCCCN=O. The highest BCUT2D eigenvalue weighted by Crippen LogP contribution is 2.36. The van der Waals surface area contributed by atoms with Crippen molar-refractivity contribution in [3.8, 4) is 0 Å². The van der Waals surface area contributed by atoms with Gasteiger partial charge in [-0.15, -0.1) is 0 Å². The average Bonchev–Trinajstić information content (AvgIpc) is 2.02. The van der Waals surface area contributed by atoms with Crippen LogP contribution in [0.1, 0.15) is 33.6 Å². The molecule has 0 aromatic carbocycles. The number of unbranched alkanes of at least 4 members (excludes halogenated alkanes) is 1. The van der Waals surface area contributed by atoms with Crippen LogP contribution in [0.4, 0.5) is 0 Å². The molecule has 0 aliphatic carbocycles. The minimum absolute atomic E-state index is 0.274. The Balaban J connectivity index is 3.72. The van der Waals surface area contributed by atoms with Crippen molar-refractivity contribution in [2.75, 3.05) is 13.2 Å². The summed E-state index contributed by atoms with van der Waals surface area (Å²) < 4.78 is 5.94.